The van der Waals surface area contributed by atoms with Crippen LogP contribution in [0.2, 0.25) is 5.02 Å². The lowest BCUT2D eigenvalue weighted by Gasteiger charge is -2.12. The highest BCUT2D eigenvalue weighted by molar-refractivity contribution is 6.33. The van der Waals surface area contributed by atoms with E-state index in [0.29, 0.717) is 16.5 Å². The standard InChI is InChI=1S/C16H14ClN3O/c1-11-6-5-7-12(2)15(11)21-16(19-10-18)20-14-9-4-3-8-13(14)17/h3-9H,1-2H3,(H,19,20). The topological polar surface area (TPSA) is 57.4 Å². The van der Waals surface area contributed by atoms with Gasteiger partial charge in [-0.1, -0.05) is 41.9 Å². The molecule has 0 unspecified atom stereocenters. The van der Waals surface area contributed by atoms with Gasteiger partial charge in [-0.05, 0) is 37.1 Å². The molecule has 0 radical (unpaired) electrons. The number of hydrogen-bond donors (Lipinski definition) is 1. The number of amidine groups is 1. The quantitative estimate of drug-likeness (QED) is 0.393. The summed E-state index contributed by atoms with van der Waals surface area (Å²) in [5.74, 6) is 0.672. The minimum Gasteiger partial charge on any atom is -0.425 e. The van der Waals surface area contributed by atoms with E-state index < -0.39 is 0 Å². The van der Waals surface area contributed by atoms with Crippen LogP contribution in [-0.2, 0) is 0 Å². The summed E-state index contributed by atoms with van der Waals surface area (Å²) in [6.07, 6.45) is 1.82. The van der Waals surface area contributed by atoms with Crippen molar-refractivity contribution >= 4 is 23.3 Å². The molecule has 0 bridgehead atoms. The van der Waals surface area contributed by atoms with Crippen LogP contribution in [0.1, 0.15) is 11.1 Å². The maximum Gasteiger partial charge on any atom is 0.309 e. The molecule has 5 heteroatoms. The molecular formula is C16H14ClN3O. The Kier molecular flexibility index (Phi) is 4.81. The molecule has 0 amide bonds. The minimum atomic E-state index is 0.0861. The second-order valence-electron chi connectivity index (χ2n) is 4.43. The molecule has 0 aromatic heterocycles. The average Bonchev–Trinajstić information content (AvgIpc) is 2.45. The largest absolute Gasteiger partial charge is 0.425 e. The zero-order chi connectivity index (χ0) is 15.2. The van der Waals surface area contributed by atoms with Gasteiger partial charge < -0.3 is 4.74 Å². The predicted molar refractivity (Wildman–Crippen MR) is 83.8 cm³/mol. The Morgan fingerprint density at radius 2 is 1.81 bits per heavy atom. The van der Waals surface area contributed by atoms with E-state index in [1.54, 1.807) is 12.1 Å². The molecule has 0 saturated heterocycles. The van der Waals surface area contributed by atoms with Crippen molar-refractivity contribution in [3.63, 3.8) is 0 Å². The van der Waals surface area contributed by atoms with Crippen molar-refractivity contribution in [1.82, 2.24) is 5.32 Å². The molecule has 21 heavy (non-hydrogen) atoms. The van der Waals surface area contributed by atoms with E-state index in [1.807, 2.05) is 50.4 Å². The van der Waals surface area contributed by atoms with Gasteiger partial charge in [0.1, 0.15) is 5.75 Å². The fraction of sp³-hybridized carbons (Fsp3) is 0.125. The number of nitriles is 1. The van der Waals surface area contributed by atoms with Crippen LogP contribution in [0, 0.1) is 25.3 Å². The van der Waals surface area contributed by atoms with Crippen molar-refractivity contribution in [2.75, 3.05) is 0 Å². The number of nitrogens with zero attached hydrogens (tertiary/aromatic N) is 2. The number of ether oxygens (including phenoxy) is 1. The molecular weight excluding hydrogens is 286 g/mol. The first-order chi connectivity index (χ1) is 10.1. The number of halogens is 1. The first-order valence-electron chi connectivity index (χ1n) is 6.34. The predicted octanol–water partition coefficient (Wildman–Crippen LogP) is 4.09. The van der Waals surface area contributed by atoms with Gasteiger partial charge in [-0.25, -0.2) is 5.32 Å². The Balaban J connectivity index is 2.37. The summed E-state index contributed by atoms with van der Waals surface area (Å²) in [7, 11) is 0. The summed E-state index contributed by atoms with van der Waals surface area (Å²) >= 11 is 6.06. The molecule has 0 atom stereocenters. The summed E-state index contributed by atoms with van der Waals surface area (Å²) < 4.78 is 5.73. The molecule has 2 aromatic carbocycles. The van der Waals surface area contributed by atoms with Crippen molar-refractivity contribution in [2.45, 2.75) is 13.8 Å². The van der Waals surface area contributed by atoms with E-state index in [0.717, 1.165) is 11.1 Å². The SMILES string of the molecule is Cc1cccc(C)c1OC(=Nc1ccccc1Cl)NC#N. The summed E-state index contributed by atoms with van der Waals surface area (Å²) in [5, 5.41) is 11.8. The van der Waals surface area contributed by atoms with E-state index >= 15 is 0 Å². The normalized spacial score (nSPS) is 10.9. The number of rotatable bonds is 2. The Morgan fingerprint density at radius 3 is 2.43 bits per heavy atom. The third kappa shape index (κ3) is 3.74. The highest BCUT2D eigenvalue weighted by atomic mass is 35.5. The molecule has 0 aliphatic rings. The van der Waals surface area contributed by atoms with Gasteiger partial charge in [-0.2, -0.15) is 10.3 Å². The zero-order valence-electron chi connectivity index (χ0n) is 11.7. The average molecular weight is 300 g/mol. The van der Waals surface area contributed by atoms with Crippen LogP contribution < -0.4 is 10.1 Å². The molecule has 1 N–H and O–H groups in total. The molecule has 0 spiro atoms. The molecule has 0 aliphatic carbocycles. The van der Waals surface area contributed by atoms with Gasteiger partial charge in [0.15, 0.2) is 6.19 Å². The van der Waals surface area contributed by atoms with Crippen molar-refractivity contribution in [2.24, 2.45) is 4.99 Å². The molecule has 106 valence electrons. The monoisotopic (exact) mass is 299 g/mol. The van der Waals surface area contributed by atoms with Crippen LogP contribution in [0.4, 0.5) is 5.69 Å². The van der Waals surface area contributed by atoms with Gasteiger partial charge in [-0.3, -0.25) is 0 Å². The lowest BCUT2D eigenvalue weighted by atomic mass is 10.1. The first-order valence-corrected chi connectivity index (χ1v) is 6.72. The fourth-order valence-electron chi connectivity index (χ4n) is 1.83. The summed E-state index contributed by atoms with van der Waals surface area (Å²) in [4.78, 5) is 4.25. The van der Waals surface area contributed by atoms with Crippen molar-refractivity contribution in [3.8, 4) is 11.9 Å². The molecule has 0 fully saturated rings. The Labute approximate surface area is 128 Å². The highest BCUT2D eigenvalue weighted by Gasteiger charge is 2.09. The third-order valence-electron chi connectivity index (χ3n) is 2.84. The van der Waals surface area contributed by atoms with Crippen LogP contribution in [0.15, 0.2) is 47.5 Å². The summed E-state index contributed by atoms with van der Waals surface area (Å²) in [6, 6.07) is 13.0. The van der Waals surface area contributed by atoms with Gasteiger partial charge in [-0.15, -0.1) is 0 Å². The second kappa shape index (κ2) is 6.78. The zero-order valence-corrected chi connectivity index (χ0v) is 12.5. The Morgan fingerprint density at radius 1 is 1.14 bits per heavy atom. The number of benzene rings is 2. The maximum absolute atomic E-state index is 8.85. The fourth-order valence-corrected chi connectivity index (χ4v) is 2.01. The number of nitrogens with one attached hydrogen (secondary N) is 1. The summed E-state index contributed by atoms with van der Waals surface area (Å²) in [5.41, 5.74) is 2.45. The van der Waals surface area contributed by atoms with Crippen LogP contribution in [0.3, 0.4) is 0 Å². The van der Waals surface area contributed by atoms with E-state index in [9.17, 15) is 0 Å². The lowest BCUT2D eigenvalue weighted by molar-refractivity contribution is 0.523. The third-order valence-corrected chi connectivity index (χ3v) is 3.16. The number of para-hydroxylation sites is 2. The van der Waals surface area contributed by atoms with Gasteiger partial charge >= 0.3 is 6.02 Å². The van der Waals surface area contributed by atoms with E-state index in [2.05, 4.69) is 10.3 Å². The van der Waals surface area contributed by atoms with E-state index in [-0.39, 0.29) is 6.02 Å². The van der Waals surface area contributed by atoms with Gasteiger partial charge in [0.25, 0.3) is 0 Å². The van der Waals surface area contributed by atoms with Crippen LogP contribution in [0.5, 0.6) is 5.75 Å². The Hall–Kier alpha value is -2.51. The first kappa shape index (κ1) is 14.9. The van der Waals surface area contributed by atoms with Crippen molar-refractivity contribution in [3.05, 3.63) is 58.6 Å². The van der Waals surface area contributed by atoms with Crippen LogP contribution >= 0.6 is 11.6 Å². The second-order valence-corrected chi connectivity index (χ2v) is 4.84. The summed E-state index contributed by atoms with van der Waals surface area (Å²) in [6.45, 7) is 3.86. The number of aryl methyl sites for hydroxylation is 2. The molecule has 2 rings (SSSR count). The van der Waals surface area contributed by atoms with Gasteiger partial charge in [0.05, 0.1) is 10.7 Å². The molecule has 0 heterocycles. The Bertz CT molecular complexity index is 699. The van der Waals surface area contributed by atoms with Gasteiger partial charge in [0.2, 0.25) is 0 Å². The molecule has 0 saturated carbocycles. The van der Waals surface area contributed by atoms with E-state index in [1.165, 1.54) is 0 Å². The van der Waals surface area contributed by atoms with Crippen LogP contribution in [-0.4, -0.2) is 6.02 Å². The molecule has 2 aromatic rings. The van der Waals surface area contributed by atoms with Crippen molar-refractivity contribution < 1.29 is 4.74 Å². The minimum absolute atomic E-state index is 0.0861. The van der Waals surface area contributed by atoms with Gasteiger partial charge in [0, 0.05) is 0 Å². The highest BCUT2D eigenvalue weighted by Crippen LogP contribution is 2.26. The smallest absolute Gasteiger partial charge is 0.309 e. The number of aliphatic imine (C=N–C) groups is 1. The molecule has 4 nitrogen and oxygen atoms in total. The van der Waals surface area contributed by atoms with E-state index in [4.69, 9.17) is 21.6 Å². The maximum atomic E-state index is 8.85. The van der Waals surface area contributed by atoms with Crippen molar-refractivity contribution in [1.29, 1.82) is 5.26 Å². The van der Waals surface area contributed by atoms with Crippen LogP contribution in [0.25, 0.3) is 0 Å². The number of hydrogen-bond acceptors (Lipinski definition) is 3. The molecule has 0 aliphatic heterocycles. The lowest BCUT2D eigenvalue weighted by Crippen LogP contribution is -2.24.